The molecule has 0 radical (unpaired) electrons. The van der Waals surface area contributed by atoms with Crippen molar-refractivity contribution in [2.45, 2.75) is 0 Å². The fourth-order valence-corrected chi connectivity index (χ4v) is 1.83. The van der Waals surface area contributed by atoms with Crippen LogP contribution in [0.2, 0.25) is 0 Å². The third-order valence-corrected chi connectivity index (χ3v) is 2.72. The van der Waals surface area contributed by atoms with Crippen molar-refractivity contribution in [1.29, 1.82) is 5.26 Å². The summed E-state index contributed by atoms with van der Waals surface area (Å²) < 4.78 is 5.74. The predicted molar refractivity (Wildman–Crippen MR) is 66.4 cm³/mol. The molecule has 1 heterocycles. The van der Waals surface area contributed by atoms with E-state index in [9.17, 15) is 0 Å². The highest BCUT2D eigenvalue weighted by Crippen LogP contribution is 2.27. The van der Waals surface area contributed by atoms with Crippen LogP contribution in [0.25, 0.3) is 22.3 Å². The first-order valence-corrected chi connectivity index (χ1v) is 5.36. The first-order chi connectivity index (χ1) is 8.36. The zero-order chi connectivity index (χ0) is 11.7. The number of para-hydroxylation sites is 1. The Morgan fingerprint density at radius 2 is 1.71 bits per heavy atom. The van der Waals surface area contributed by atoms with E-state index in [1.54, 1.807) is 12.1 Å². The Labute approximate surface area is 98.7 Å². The zero-order valence-electron chi connectivity index (χ0n) is 9.05. The quantitative estimate of drug-likeness (QED) is 0.620. The average Bonchev–Trinajstić information content (AvgIpc) is 2.82. The van der Waals surface area contributed by atoms with Crippen molar-refractivity contribution in [3.63, 3.8) is 0 Å². The lowest BCUT2D eigenvalue weighted by molar-refractivity contribution is 0.631. The van der Waals surface area contributed by atoms with Crippen molar-refractivity contribution < 1.29 is 4.42 Å². The topological polar surface area (TPSA) is 36.9 Å². The predicted octanol–water partition coefficient (Wildman–Crippen LogP) is 3.97. The largest absolute Gasteiger partial charge is 0.456 e. The fraction of sp³-hybridized carbons (Fsp3) is 0. The molecule has 0 aliphatic heterocycles. The molecule has 3 aromatic rings. The third-order valence-electron chi connectivity index (χ3n) is 2.72. The minimum atomic E-state index is 0.657. The van der Waals surface area contributed by atoms with Crippen LogP contribution in [-0.4, -0.2) is 0 Å². The van der Waals surface area contributed by atoms with Crippen LogP contribution in [0.4, 0.5) is 0 Å². The molecule has 2 nitrogen and oxygen atoms in total. The zero-order valence-corrected chi connectivity index (χ0v) is 9.05. The number of fused-ring (bicyclic) bond motifs is 1. The molecule has 0 N–H and O–H groups in total. The van der Waals surface area contributed by atoms with Crippen molar-refractivity contribution in [2.24, 2.45) is 0 Å². The molecule has 0 spiro atoms. The van der Waals surface area contributed by atoms with E-state index >= 15 is 0 Å². The van der Waals surface area contributed by atoms with E-state index in [0.717, 1.165) is 22.3 Å². The van der Waals surface area contributed by atoms with Crippen LogP contribution in [0.15, 0.2) is 59.0 Å². The van der Waals surface area contributed by atoms with E-state index in [1.165, 1.54) is 0 Å². The number of nitriles is 1. The second kappa shape index (κ2) is 3.80. The molecule has 0 saturated heterocycles. The van der Waals surface area contributed by atoms with E-state index in [4.69, 9.17) is 9.68 Å². The normalized spacial score (nSPS) is 10.3. The fourth-order valence-electron chi connectivity index (χ4n) is 1.83. The van der Waals surface area contributed by atoms with Gasteiger partial charge < -0.3 is 4.42 Å². The smallest absolute Gasteiger partial charge is 0.135 e. The summed E-state index contributed by atoms with van der Waals surface area (Å²) in [6, 6.07) is 19.4. The van der Waals surface area contributed by atoms with Crippen LogP contribution in [0.3, 0.4) is 0 Å². The SMILES string of the molecule is N#Cc1ccc(-c2cc3ccccc3o2)cc1. The summed E-state index contributed by atoms with van der Waals surface area (Å²) in [6.45, 7) is 0. The third kappa shape index (κ3) is 1.68. The Balaban J connectivity index is 2.11. The lowest BCUT2D eigenvalue weighted by Crippen LogP contribution is -1.75. The highest BCUT2D eigenvalue weighted by atomic mass is 16.3. The molecule has 3 rings (SSSR count). The van der Waals surface area contributed by atoms with Gasteiger partial charge in [-0.05, 0) is 36.4 Å². The first kappa shape index (κ1) is 9.68. The van der Waals surface area contributed by atoms with Gasteiger partial charge in [0.15, 0.2) is 0 Å². The molecular weight excluding hydrogens is 210 g/mol. The van der Waals surface area contributed by atoms with Gasteiger partial charge in [0.2, 0.25) is 0 Å². The highest BCUT2D eigenvalue weighted by molar-refractivity contribution is 5.82. The summed E-state index contributed by atoms with van der Waals surface area (Å²) >= 11 is 0. The molecule has 80 valence electrons. The maximum Gasteiger partial charge on any atom is 0.135 e. The monoisotopic (exact) mass is 219 g/mol. The molecule has 0 bridgehead atoms. The van der Waals surface area contributed by atoms with Crippen LogP contribution in [0, 0.1) is 11.3 Å². The summed E-state index contributed by atoms with van der Waals surface area (Å²) in [5.74, 6) is 0.829. The Morgan fingerprint density at radius 3 is 2.41 bits per heavy atom. The van der Waals surface area contributed by atoms with E-state index in [0.29, 0.717) is 5.56 Å². The van der Waals surface area contributed by atoms with Crippen molar-refractivity contribution >= 4 is 11.0 Å². The maximum absolute atomic E-state index is 8.74. The molecule has 2 heteroatoms. The van der Waals surface area contributed by atoms with Crippen LogP contribution >= 0.6 is 0 Å². The van der Waals surface area contributed by atoms with Gasteiger partial charge in [-0.3, -0.25) is 0 Å². The minimum absolute atomic E-state index is 0.657. The summed E-state index contributed by atoms with van der Waals surface area (Å²) in [5, 5.41) is 9.83. The van der Waals surface area contributed by atoms with Crippen LogP contribution in [0.1, 0.15) is 5.56 Å². The number of benzene rings is 2. The molecule has 0 saturated carbocycles. The standard InChI is InChI=1S/C15H9NO/c16-10-11-5-7-12(8-6-11)15-9-13-3-1-2-4-14(13)17-15/h1-9H. The Kier molecular flexibility index (Phi) is 2.16. The van der Waals surface area contributed by atoms with Crippen LogP contribution in [0.5, 0.6) is 0 Å². The van der Waals surface area contributed by atoms with E-state index in [1.807, 2.05) is 42.5 Å². The number of hydrogen-bond acceptors (Lipinski definition) is 2. The second-order valence-electron chi connectivity index (χ2n) is 3.84. The molecule has 0 amide bonds. The van der Waals surface area contributed by atoms with Gasteiger partial charge in [-0.2, -0.15) is 5.26 Å². The van der Waals surface area contributed by atoms with Gasteiger partial charge in [-0.25, -0.2) is 0 Å². The van der Waals surface area contributed by atoms with Gasteiger partial charge in [0.1, 0.15) is 11.3 Å². The molecule has 1 aromatic heterocycles. The average molecular weight is 219 g/mol. The highest BCUT2D eigenvalue weighted by Gasteiger charge is 2.05. The van der Waals surface area contributed by atoms with E-state index in [-0.39, 0.29) is 0 Å². The summed E-state index contributed by atoms with van der Waals surface area (Å²) in [4.78, 5) is 0. The van der Waals surface area contributed by atoms with Gasteiger partial charge >= 0.3 is 0 Å². The second-order valence-corrected chi connectivity index (χ2v) is 3.84. The van der Waals surface area contributed by atoms with Gasteiger partial charge in [-0.15, -0.1) is 0 Å². The number of rotatable bonds is 1. The van der Waals surface area contributed by atoms with Gasteiger partial charge in [-0.1, -0.05) is 18.2 Å². The summed E-state index contributed by atoms with van der Waals surface area (Å²) in [5.41, 5.74) is 2.52. The minimum Gasteiger partial charge on any atom is -0.456 e. The molecule has 0 aliphatic rings. The van der Waals surface area contributed by atoms with E-state index < -0.39 is 0 Å². The van der Waals surface area contributed by atoms with Crippen LogP contribution < -0.4 is 0 Å². The molecule has 0 atom stereocenters. The number of hydrogen-bond donors (Lipinski definition) is 0. The summed E-state index contributed by atoms with van der Waals surface area (Å²) in [7, 11) is 0. The van der Waals surface area contributed by atoms with Crippen molar-refractivity contribution in [3.8, 4) is 17.4 Å². The number of furan rings is 1. The lowest BCUT2D eigenvalue weighted by atomic mass is 10.1. The van der Waals surface area contributed by atoms with Crippen molar-refractivity contribution in [2.75, 3.05) is 0 Å². The van der Waals surface area contributed by atoms with Gasteiger partial charge in [0, 0.05) is 10.9 Å². The lowest BCUT2D eigenvalue weighted by Gasteiger charge is -1.95. The first-order valence-electron chi connectivity index (χ1n) is 5.36. The van der Waals surface area contributed by atoms with Crippen molar-refractivity contribution in [1.82, 2.24) is 0 Å². The van der Waals surface area contributed by atoms with E-state index in [2.05, 4.69) is 6.07 Å². The maximum atomic E-state index is 8.74. The van der Waals surface area contributed by atoms with Crippen molar-refractivity contribution in [3.05, 3.63) is 60.2 Å². The molecule has 0 fully saturated rings. The number of nitrogens with zero attached hydrogens (tertiary/aromatic N) is 1. The Hall–Kier alpha value is -2.53. The Bertz CT molecular complexity index is 669. The van der Waals surface area contributed by atoms with Gasteiger partial charge in [0.25, 0.3) is 0 Å². The molecule has 2 aromatic carbocycles. The molecule has 0 aliphatic carbocycles. The molecule has 0 unspecified atom stereocenters. The Morgan fingerprint density at radius 1 is 0.941 bits per heavy atom. The van der Waals surface area contributed by atoms with Gasteiger partial charge in [0.05, 0.1) is 11.6 Å². The molecule has 17 heavy (non-hydrogen) atoms. The molecular formula is C15H9NO. The van der Waals surface area contributed by atoms with Crippen LogP contribution in [-0.2, 0) is 0 Å². The summed E-state index contributed by atoms with van der Waals surface area (Å²) in [6.07, 6.45) is 0.